The lowest BCUT2D eigenvalue weighted by Gasteiger charge is -2.25. The summed E-state index contributed by atoms with van der Waals surface area (Å²) in [5.41, 5.74) is 1.40. The van der Waals surface area contributed by atoms with Crippen molar-refractivity contribution in [1.29, 1.82) is 0 Å². The molecule has 0 aromatic carbocycles. The van der Waals surface area contributed by atoms with Gasteiger partial charge in [-0.15, -0.1) is 22.9 Å². The molecule has 0 radical (unpaired) electrons. The first kappa shape index (κ1) is 13.4. The first-order chi connectivity index (χ1) is 9.22. The van der Waals surface area contributed by atoms with E-state index in [1.165, 1.54) is 29.7 Å². The first-order valence-electron chi connectivity index (χ1n) is 7.26. The molecule has 2 atom stereocenters. The van der Waals surface area contributed by atoms with Crippen LogP contribution in [0.4, 0.5) is 0 Å². The zero-order valence-electron chi connectivity index (χ0n) is 11.1. The Hall–Kier alpha value is -0.540. The molecule has 1 saturated carbocycles. The number of hydrogen-bond donors (Lipinski definition) is 1. The molecule has 1 heterocycles. The van der Waals surface area contributed by atoms with Gasteiger partial charge in [0.05, 0.1) is 4.88 Å². The van der Waals surface area contributed by atoms with Crippen molar-refractivity contribution >= 4 is 28.8 Å². The van der Waals surface area contributed by atoms with Gasteiger partial charge in [-0.25, -0.2) is 0 Å². The summed E-state index contributed by atoms with van der Waals surface area (Å²) >= 11 is 7.86. The zero-order valence-corrected chi connectivity index (χ0v) is 12.7. The highest BCUT2D eigenvalue weighted by atomic mass is 35.5. The number of carbonyl (C=O) groups is 1. The van der Waals surface area contributed by atoms with Crippen LogP contribution in [0, 0.1) is 5.92 Å². The number of amides is 1. The Balaban J connectivity index is 1.53. The summed E-state index contributed by atoms with van der Waals surface area (Å²) in [4.78, 5) is 14.5. The first-order valence-corrected chi connectivity index (χ1v) is 8.51. The number of fused-ring (bicyclic) bond motifs is 1. The third kappa shape index (κ3) is 3.14. The molecule has 1 aromatic rings. The number of nitrogens with one attached hydrogen (secondary N) is 1. The molecule has 1 aromatic heterocycles. The van der Waals surface area contributed by atoms with Gasteiger partial charge in [0.15, 0.2) is 0 Å². The van der Waals surface area contributed by atoms with E-state index >= 15 is 0 Å². The summed E-state index contributed by atoms with van der Waals surface area (Å²) in [6.45, 7) is 0.782. The molecule has 1 fully saturated rings. The van der Waals surface area contributed by atoms with Gasteiger partial charge < -0.3 is 5.32 Å². The van der Waals surface area contributed by atoms with Gasteiger partial charge in [0.1, 0.15) is 0 Å². The van der Waals surface area contributed by atoms with Gasteiger partial charge in [-0.2, -0.15) is 0 Å². The van der Waals surface area contributed by atoms with Crippen molar-refractivity contribution in [2.45, 2.75) is 50.3 Å². The fourth-order valence-corrected chi connectivity index (χ4v) is 4.75. The number of aryl methyl sites for hydroxylation is 2. The molecule has 4 heteroatoms. The predicted molar refractivity (Wildman–Crippen MR) is 80.3 cm³/mol. The lowest BCUT2D eigenvalue weighted by atomic mass is 9.89. The minimum absolute atomic E-state index is 0.107. The molecule has 104 valence electrons. The van der Waals surface area contributed by atoms with Crippen molar-refractivity contribution in [3.05, 3.63) is 21.4 Å². The van der Waals surface area contributed by atoms with E-state index in [2.05, 4.69) is 11.4 Å². The van der Waals surface area contributed by atoms with Gasteiger partial charge in [0.2, 0.25) is 0 Å². The van der Waals surface area contributed by atoms with E-state index < -0.39 is 0 Å². The summed E-state index contributed by atoms with van der Waals surface area (Å²) in [6, 6.07) is 2.09. The molecule has 0 spiro atoms. The number of hydrogen-bond acceptors (Lipinski definition) is 2. The summed E-state index contributed by atoms with van der Waals surface area (Å²) in [7, 11) is 0. The van der Waals surface area contributed by atoms with Crippen LogP contribution in [0.1, 0.15) is 52.2 Å². The molecular weight excluding hydrogens is 278 g/mol. The second kappa shape index (κ2) is 5.84. The largest absolute Gasteiger partial charge is 0.351 e. The van der Waals surface area contributed by atoms with Crippen LogP contribution in [0.15, 0.2) is 6.07 Å². The van der Waals surface area contributed by atoms with E-state index in [1.807, 2.05) is 0 Å². The van der Waals surface area contributed by atoms with E-state index in [-0.39, 0.29) is 5.91 Å². The molecule has 2 aliphatic carbocycles. The Bertz CT molecular complexity index is 449. The van der Waals surface area contributed by atoms with E-state index in [1.54, 1.807) is 11.3 Å². The van der Waals surface area contributed by atoms with Crippen LogP contribution in [0.2, 0.25) is 0 Å². The molecule has 2 unspecified atom stereocenters. The molecule has 0 saturated heterocycles. The van der Waals surface area contributed by atoms with Gasteiger partial charge >= 0.3 is 0 Å². The number of alkyl halides is 1. The van der Waals surface area contributed by atoms with Crippen molar-refractivity contribution in [2.75, 3.05) is 6.54 Å². The second-order valence-corrected chi connectivity index (χ2v) is 7.51. The number of carbonyl (C=O) groups excluding carboxylic acids is 1. The van der Waals surface area contributed by atoms with Gasteiger partial charge in [-0.3, -0.25) is 4.79 Å². The maximum atomic E-state index is 12.1. The molecule has 1 N–H and O–H groups in total. The van der Waals surface area contributed by atoms with Gasteiger partial charge in [0.25, 0.3) is 5.91 Å². The third-order valence-corrected chi connectivity index (χ3v) is 5.87. The molecular formula is C15H20ClNOS. The van der Waals surface area contributed by atoms with Crippen LogP contribution in [0.3, 0.4) is 0 Å². The summed E-state index contributed by atoms with van der Waals surface area (Å²) in [5, 5.41) is 3.40. The third-order valence-electron chi connectivity index (χ3n) is 4.24. The molecule has 0 aliphatic heterocycles. The second-order valence-electron chi connectivity index (χ2n) is 5.75. The van der Waals surface area contributed by atoms with Crippen LogP contribution < -0.4 is 5.32 Å². The molecule has 0 bridgehead atoms. The maximum Gasteiger partial charge on any atom is 0.261 e. The van der Waals surface area contributed by atoms with Crippen molar-refractivity contribution in [3.8, 4) is 0 Å². The van der Waals surface area contributed by atoms with E-state index in [4.69, 9.17) is 11.6 Å². The lowest BCUT2D eigenvalue weighted by Crippen LogP contribution is -2.31. The molecule has 1 amide bonds. The van der Waals surface area contributed by atoms with Gasteiger partial charge in [-0.05, 0) is 56.1 Å². The number of rotatable bonds is 3. The average molecular weight is 298 g/mol. The van der Waals surface area contributed by atoms with Crippen LogP contribution in [0.5, 0.6) is 0 Å². The van der Waals surface area contributed by atoms with Crippen molar-refractivity contribution in [2.24, 2.45) is 5.92 Å². The number of thiophene rings is 1. The molecule has 3 rings (SSSR count). The predicted octanol–water partition coefficient (Wildman–Crippen LogP) is 3.76. The molecule has 2 aliphatic rings. The SMILES string of the molecule is O=C(NCC1CCCC(Cl)C1)c1cc2c(s1)CCC2. The van der Waals surface area contributed by atoms with E-state index in [9.17, 15) is 4.79 Å². The zero-order chi connectivity index (χ0) is 13.2. The Kier molecular flexibility index (Phi) is 4.13. The van der Waals surface area contributed by atoms with Crippen molar-refractivity contribution < 1.29 is 4.79 Å². The lowest BCUT2D eigenvalue weighted by molar-refractivity contribution is 0.0947. The highest BCUT2D eigenvalue weighted by Gasteiger charge is 2.22. The summed E-state index contributed by atoms with van der Waals surface area (Å²) in [5.74, 6) is 0.670. The highest BCUT2D eigenvalue weighted by Crippen LogP contribution is 2.31. The standard InChI is InChI=1S/C15H20ClNOS/c16-12-5-1-3-10(7-12)9-17-15(18)14-8-11-4-2-6-13(11)19-14/h8,10,12H,1-7,9H2,(H,17,18). The number of halogens is 1. The average Bonchev–Trinajstić information content (AvgIpc) is 2.96. The highest BCUT2D eigenvalue weighted by molar-refractivity contribution is 7.14. The minimum atomic E-state index is 0.107. The molecule has 19 heavy (non-hydrogen) atoms. The summed E-state index contributed by atoms with van der Waals surface area (Å²) < 4.78 is 0. The summed E-state index contributed by atoms with van der Waals surface area (Å²) in [6.07, 6.45) is 8.13. The fraction of sp³-hybridized carbons (Fsp3) is 0.667. The van der Waals surface area contributed by atoms with E-state index in [0.29, 0.717) is 11.3 Å². The fourth-order valence-electron chi connectivity index (χ4n) is 3.18. The molecule has 2 nitrogen and oxygen atoms in total. The van der Waals surface area contributed by atoms with Gasteiger partial charge in [-0.1, -0.05) is 6.42 Å². The van der Waals surface area contributed by atoms with Gasteiger partial charge in [0, 0.05) is 16.8 Å². The van der Waals surface area contributed by atoms with Crippen LogP contribution in [-0.2, 0) is 12.8 Å². The normalized spacial score (nSPS) is 26.2. The quantitative estimate of drug-likeness (QED) is 0.846. The monoisotopic (exact) mass is 297 g/mol. The van der Waals surface area contributed by atoms with Crippen LogP contribution in [-0.4, -0.2) is 17.8 Å². The van der Waals surface area contributed by atoms with Crippen LogP contribution in [0.25, 0.3) is 0 Å². The Morgan fingerprint density at radius 1 is 1.37 bits per heavy atom. The maximum absolute atomic E-state index is 12.1. The smallest absolute Gasteiger partial charge is 0.261 e. The van der Waals surface area contributed by atoms with Crippen LogP contribution >= 0.6 is 22.9 Å². The Morgan fingerprint density at radius 3 is 3.05 bits per heavy atom. The topological polar surface area (TPSA) is 29.1 Å². The van der Waals surface area contributed by atoms with E-state index in [0.717, 1.165) is 37.1 Å². The van der Waals surface area contributed by atoms with Crippen molar-refractivity contribution in [3.63, 3.8) is 0 Å². The Labute approximate surface area is 123 Å². The minimum Gasteiger partial charge on any atom is -0.351 e. The Morgan fingerprint density at radius 2 is 2.26 bits per heavy atom. The van der Waals surface area contributed by atoms with Crippen molar-refractivity contribution in [1.82, 2.24) is 5.32 Å².